The Kier molecular flexibility index (Phi) is 8.82. The molecule has 1 atom stereocenters. The second-order valence-electron chi connectivity index (χ2n) is 10.5. The number of piperidine rings is 1. The van der Waals surface area contributed by atoms with Crippen LogP contribution in [0, 0.1) is 12.8 Å². The van der Waals surface area contributed by atoms with Gasteiger partial charge in [0.05, 0.1) is 5.56 Å². The van der Waals surface area contributed by atoms with Gasteiger partial charge < -0.3 is 19.7 Å². The average molecular weight is 497 g/mol. The molecule has 3 rings (SSSR count). The number of nitrogens with zero attached hydrogens (tertiary/aromatic N) is 2. The van der Waals surface area contributed by atoms with Crippen molar-refractivity contribution in [3.63, 3.8) is 0 Å². The number of ether oxygens (including phenoxy) is 1. The van der Waals surface area contributed by atoms with Crippen molar-refractivity contribution in [3.05, 3.63) is 41.0 Å². The van der Waals surface area contributed by atoms with Gasteiger partial charge in [0.25, 0.3) is 5.91 Å². The minimum Gasteiger partial charge on any atom is -0.444 e. The first-order valence-corrected chi connectivity index (χ1v) is 12.7. The summed E-state index contributed by atoms with van der Waals surface area (Å²) in [6.07, 6.45) is 7.06. The summed E-state index contributed by atoms with van der Waals surface area (Å²) in [6.45, 7) is 8.83. The van der Waals surface area contributed by atoms with Crippen molar-refractivity contribution in [1.29, 1.82) is 0 Å². The maximum Gasteiger partial charge on any atom is 0.420 e. The van der Waals surface area contributed by atoms with Gasteiger partial charge in [-0.3, -0.25) is 4.79 Å². The van der Waals surface area contributed by atoms with Crippen LogP contribution in [0.3, 0.4) is 0 Å². The van der Waals surface area contributed by atoms with Gasteiger partial charge in [-0.2, -0.15) is 4.58 Å². The van der Waals surface area contributed by atoms with Crippen molar-refractivity contribution in [2.45, 2.75) is 71.4 Å². The second-order valence-corrected chi connectivity index (χ2v) is 10.5. The highest BCUT2D eigenvalue weighted by Gasteiger charge is 2.36. The minimum atomic E-state index is -0.775. The van der Waals surface area contributed by atoms with Crippen molar-refractivity contribution in [2.75, 3.05) is 20.1 Å². The predicted molar refractivity (Wildman–Crippen MR) is 138 cm³/mol. The van der Waals surface area contributed by atoms with Gasteiger partial charge in [0.1, 0.15) is 11.9 Å². The molecule has 8 heteroatoms. The van der Waals surface area contributed by atoms with E-state index in [4.69, 9.17) is 4.74 Å². The van der Waals surface area contributed by atoms with Crippen molar-refractivity contribution in [1.82, 2.24) is 10.2 Å². The predicted octanol–water partition coefficient (Wildman–Crippen LogP) is 3.75. The highest BCUT2D eigenvalue weighted by molar-refractivity contribution is 5.99. The Morgan fingerprint density at radius 2 is 1.89 bits per heavy atom. The highest BCUT2D eigenvalue weighted by atomic mass is 16.6. The van der Waals surface area contributed by atoms with Crippen LogP contribution in [0.5, 0.6) is 0 Å². The van der Waals surface area contributed by atoms with Crippen molar-refractivity contribution in [2.24, 2.45) is 5.92 Å². The van der Waals surface area contributed by atoms with Crippen LogP contribution in [0.2, 0.25) is 0 Å². The zero-order valence-corrected chi connectivity index (χ0v) is 22.0. The molecule has 8 nitrogen and oxygen atoms in total. The monoisotopic (exact) mass is 496 g/mol. The fourth-order valence-corrected chi connectivity index (χ4v) is 4.85. The lowest BCUT2D eigenvalue weighted by atomic mass is 9.85. The molecule has 2 aliphatic rings. The molecule has 1 fully saturated rings. The first kappa shape index (κ1) is 27.3. The summed E-state index contributed by atoms with van der Waals surface area (Å²) in [7, 11) is 1.53. The van der Waals surface area contributed by atoms with Crippen LogP contribution >= 0.6 is 0 Å². The summed E-state index contributed by atoms with van der Waals surface area (Å²) < 4.78 is 6.97. The van der Waals surface area contributed by atoms with E-state index in [0.29, 0.717) is 24.6 Å². The maximum absolute atomic E-state index is 13.5. The van der Waals surface area contributed by atoms with E-state index in [1.54, 1.807) is 17.2 Å². The molecule has 1 aromatic rings. The Bertz CT molecular complexity index is 1080. The first-order chi connectivity index (χ1) is 17.1. The number of hydrogen-bond acceptors (Lipinski definition) is 5. The number of allylic oxidation sites excluding steroid dienone is 2. The molecule has 1 unspecified atom stereocenters. The standard InChI is InChI=1S/C28H37N3O5/c1-19-22-8-6-9-23(19)26(34)31(24(10-7-17-32)25(33)29-5)16-13-21(22)18-20-11-14-30(15-12-20)27(35)36-28(2,3)4/h6,8-9,13,16-17,20,24H,7,10-12,14-15,18H2,1-5H3/p+1/b21-13-,31-16?. The summed E-state index contributed by atoms with van der Waals surface area (Å²) in [5.74, 6) is -0.185. The van der Waals surface area contributed by atoms with Crippen LogP contribution in [0.4, 0.5) is 4.79 Å². The number of nitrogens with one attached hydrogen (secondary N) is 1. The van der Waals surface area contributed by atoms with Crippen LogP contribution in [0.1, 0.15) is 74.4 Å². The van der Waals surface area contributed by atoms with E-state index in [2.05, 4.69) is 5.32 Å². The molecule has 1 saturated heterocycles. The maximum atomic E-state index is 13.5. The van der Waals surface area contributed by atoms with E-state index in [0.717, 1.165) is 42.2 Å². The van der Waals surface area contributed by atoms with Gasteiger partial charge >= 0.3 is 12.0 Å². The number of carbonyl (C=O) groups excluding carboxylic acids is 4. The molecule has 0 aliphatic carbocycles. The normalized spacial score (nSPS) is 18.8. The number of rotatable bonds is 7. The summed E-state index contributed by atoms with van der Waals surface area (Å²) in [5, 5.41) is 2.62. The van der Waals surface area contributed by atoms with Crippen molar-refractivity contribution >= 4 is 36.0 Å². The number of benzene rings is 1. The second kappa shape index (κ2) is 11.6. The van der Waals surface area contributed by atoms with Crippen LogP contribution in [-0.2, 0) is 14.3 Å². The summed E-state index contributed by atoms with van der Waals surface area (Å²) in [5.41, 5.74) is 3.03. The molecule has 0 aromatic heterocycles. The molecule has 0 radical (unpaired) electrons. The molecule has 36 heavy (non-hydrogen) atoms. The molecule has 0 spiro atoms. The third-order valence-electron chi connectivity index (χ3n) is 6.80. The van der Waals surface area contributed by atoms with E-state index in [1.807, 2.05) is 45.9 Å². The molecular formula is C28H38N3O5+. The third kappa shape index (κ3) is 6.47. The fourth-order valence-electron chi connectivity index (χ4n) is 4.85. The van der Waals surface area contributed by atoms with Gasteiger partial charge in [-0.05, 0) is 75.6 Å². The Hall–Kier alpha value is -3.29. The summed E-state index contributed by atoms with van der Waals surface area (Å²) >= 11 is 0. The lowest BCUT2D eigenvalue weighted by Crippen LogP contribution is -2.44. The third-order valence-corrected chi connectivity index (χ3v) is 6.80. The van der Waals surface area contributed by atoms with E-state index >= 15 is 0 Å². The van der Waals surface area contributed by atoms with Crippen LogP contribution < -0.4 is 5.32 Å². The van der Waals surface area contributed by atoms with Gasteiger partial charge in [-0.25, -0.2) is 9.59 Å². The number of amides is 3. The minimum absolute atomic E-state index is 0.182. The molecule has 1 N–H and O–H groups in total. The number of carbonyl (C=O) groups is 4. The highest BCUT2D eigenvalue weighted by Crippen LogP contribution is 2.33. The molecule has 3 amide bonds. The average Bonchev–Trinajstić information content (AvgIpc) is 2.83. The first-order valence-electron chi connectivity index (χ1n) is 12.7. The Morgan fingerprint density at radius 1 is 1.22 bits per heavy atom. The number of likely N-dealkylation sites (tertiary alicyclic amines) is 1. The van der Waals surface area contributed by atoms with Gasteiger partial charge in [-0.15, -0.1) is 0 Å². The van der Waals surface area contributed by atoms with Gasteiger partial charge in [0.2, 0.25) is 6.04 Å². The Balaban J connectivity index is 1.86. The number of fused-ring (bicyclic) bond motifs is 2. The van der Waals surface area contributed by atoms with E-state index in [1.165, 1.54) is 11.6 Å². The van der Waals surface area contributed by atoms with Crippen LogP contribution in [-0.4, -0.2) is 71.7 Å². The lowest BCUT2D eigenvalue weighted by Gasteiger charge is -2.34. The molecule has 2 bridgehead atoms. The molecule has 2 aliphatic heterocycles. The largest absolute Gasteiger partial charge is 0.444 e. The van der Waals surface area contributed by atoms with Gasteiger partial charge in [-0.1, -0.05) is 12.1 Å². The zero-order valence-electron chi connectivity index (χ0n) is 22.0. The summed E-state index contributed by atoms with van der Waals surface area (Å²) in [6, 6.07) is 4.91. The Labute approximate surface area is 213 Å². The van der Waals surface area contributed by atoms with Gasteiger partial charge in [0.15, 0.2) is 6.21 Å². The topological polar surface area (TPSA) is 95.8 Å². The number of likely N-dealkylation sites (N-methyl/N-ethyl adjacent to an activating group) is 1. The van der Waals surface area contributed by atoms with Crippen LogP contribution in [0.25, 0.3) is 5.57 Å². The zero-order chi connectivity index (χ0) is 26.5. The quantitative estimate of drug-likeness (QED) is 0.458. The molecule has 0 saturated carbocycles. The smallest absolute Gasteiger partial charge is 0.420 e. The van der Waals surface area contributed by atoms with Gasteiger partial charge in [0, 0.05) is 39.1 Å². The fraction of sp³-hybridized carbons (Fsp3) is 0.536. The number of hydrogen-bond donors (Lipinski definition) is 1. The van der Waals surface area contributed by atoms with Crippen LogP contribution in [0.15, 0.2) is 24.3 Å². The number of aldehydes is 1. The van der Waals surface area contributed by atoms with E-state index in [-0.39, 0.29) is 30.7 Å². The SMILES string of the molecule is CNC(=O)C(CCC=O)[N+]1=C/C=C(/CC2CCN(C(=O)OC(C)(C)C)CC2)c2cccc(c2C)C1=O. The van der Waals surface area contributed by atoms with Crippen molar-refractivity contribution in [3.8, 4) is 0 Å². The summed E-state index contributed by atoms with van der Waals surface area (Å²) in [4.78, 5) is 51.3. The molecule has 2 heterocycles. The molecular weight excluding hydrogens is 458 g/mol. The van der Waals surface area contributed by atoms with E-state index in [9.17, 15) is 19.2 Å². The molecule has 194 valence electrons. The Morgan fingerprint density at radius 3 is 2.50 bits per heavy atom. The molecule has 1 aromatic carbocycles. The lowest BCUT2D eigenvalue weighted by molar-refractivity contribution is -0.453. The van der Waals surface area contributed by atoms with E-state index < -0.39 is 11.6 Å². The van der Waals surface area contributed by atoms with Crippen molar-refractivity contribution < 1.29 is 28.5 Å².